The Morgan fingerprint density at radius 2 is 2.00 bits per heavy atom. The van der Waals surface area contributed by atoms with Crippen LogP contribution in [0.4, 0.5) is 5.69 Å². The lowest BCUT2D eigenvalue weighted by Gasteiger charge is -2.19. The number of benzene rings is 1. The number of aryl methyl sites for hydroxylation is 1. The fraction of sp³-hybridized carbons (Fsp3) is 0.267. The van der Waals surface area contributed by atoms with Gasteiger partial charge in [0.15, 0.2) is 0 Å². The highest BCUT2D eigenvalue weighted by atomic mass is 32.2. The summed E-state index contributed by atoms with van der Waals surface area (Å²) in [5.74, 6) is 0. The molecule has 21 heavy (non-hydrogen) atoms. The first-order chi connectivity index (χ1) is 9.95. The van der Waals surface area contributed by atoms with Crippen LogP contribution in [-0.2, 0) is 23.0 Å². The van der Waals surface area contributed by atoms with Crippen molar-refractivity contribution >= 4 is 15.7 Å². The first kappa shape index (κ1) is 15.5. The smallest absolute Gasteiger partial charge is 0.243 e. The van der Waals surface area contributed by atoms with E-state index in [-0.39, 0.29) is 11.4 Å². The summed E-state index contributed by atoms with van der Waals surface area (Å²) in [6.45, 7) is 2.14. The highest BCUT2D eigenvalue weighted by molar-refractivity contribution is 7.89. The highest BCUT2D eigenvalue weighted by Gasteiger charge is 2.24. The summed E-state index contributed by atoms with van der Waals surface area (Å²) in [5, 5.41) is 0. The highest BCUT2D eigenvalue weighted by Crippen LogP contribution is 2.23. The normalized spacial score (nSPS) is 11.8. The van der Waals surface area contributed by atoms with E-state index in [0.29, 0.717) is 17.8 Å². The third kappa shape index (κ3) is 3.40. The van der Waals surface area contributed by atoms with E-state index in [1.165, 1.54) is 10.4 Å². The van der Waals surface area contributed by atoms with Crippen LogP contribution in [0.5, 0.6) is 0 Å². The average molecular weight is 305 g/mol. The molecule has 5 nitrogen and oxygen atoms in total. The summed E-state index contributed by atoms with van der Waals surface area (Å²) in [5.41, 5.74) is 7.64. The van der Waals surface area contributed by atoms with Crippen LogP contribution in [0.15, 0.2) is 47.5 Å². The molecule has 1 aromatic heterocycles. The van der Waals surface area contributed by atoms with E-state index in [4.69, 9.17) is 5.73 Å². The molecule has 0 aliphatic rings. The van der Waals surface area contributed by atoms with Crippen molar-refractivity contribution in [2.45, 2.75) is 24.8 Å². The molecule has 0 amide bonds. The largest absolute Gasteiger partial charge is 0.399 e. The minimum absolute atomic E-state index is 0.223. The summed E-state index contributed by atoms with van der Waals surface area (Å²) in [6, 6.07) is 10.4. The molecule has 6 heteroatoms. The van der Waals surface area contributed by atoms with E-state index in [2.05, 4.69) is 4.98 Å². The third-order valence-electron chi connectivity index (χ3n) is 3.27. The van der Waals surface area contributed by atoms with Gasteiger partial charge in [0.1, 0.15) is 0 Å². The van der Waals surface area contributed by atoms with Crippen LogP contribution in [0.2, 0.25) is 0 Å². The van der Waals surface area contributed by atoms with Gasteiger partial charge in [-0.15, -0.1) is 0 Å². The number of nitrogens with zero attached hydrogens (tertiary/aromatic N) is 2. The van der Waals surface area contributed by atoms with Crippen LogP contribution in [0.3, 0.4) is 0 Å². The summed E-state index contributed by atoms with van der Waals surface area (Å²) in [6.07, 6.45) is 2.28. The molecular weight excluding hydrogens is 286 g/mol. The molecule has 2 aromatic rings. The van der Waals surface area contributed by atoms with Gasteiger partial charge in [0.2, 0.25) is 10.0 Å². The van der Waals surface area contributed by atoms with Crippen LogP contribution in [0.25, 0.3) is 0 Å². The van der Waals surface area contributed by atoms with Crippen LogP contribution in [0.1, 0.15) is 18.2 Å². The Labute approximate surface area is 125 Å². The van der Waals surface area contributed by atoms with E-state index in [9.17, 15) is 8.42 Å². The first-order valence-electron chi connectivity index (χ1n) is 6.69. The number of anilines is 1. The van der Waals surface area contributed by atoms with Gasteiger partial charge in [-0.1, -0.05) is 19.1 Å². The van der Waals surface area contributed by atoms with Crippen LogP contribution < -0.4 is 5.73 Å². The van der Waals surface area contributed by atoms with Gasteiger partial charge in [-0.25, -0.2) is 8.42 Å². The van der Waals surface area contributed by atoms with Crippen molar-refractivity contribution in [1.82, 2.24) is 9.29 Å². The molecule has 1 aromatic carbocycles. The molecule has 0 atom stereocenters. The summed E-state index contributed by atoms with van der Waals surface area (Å²) < 4.78 is 26.7. The molecule has 0 bridgehead atoms. The number of aromatic nitrogens is 1. The Balaban J connectivity index is 2.35. The summed E-state index contributed by atoms with van der Waals surface area (Å²) in [7, 11) is -2.04. The fourth-order valence-electron chi connectivity index (χ4n) is 2.08. The molecule has 0 saturated heterocycles. The predicted molar refractivity (Wildman–Crippen MR) is 83.1 cm³/mol. The lowest BCUT2D eigenvalue weighted by atomic mass is 10.1. The van der Waals surface area contributed by atoms with Crippen molar-refractivity contribution in [3.63, 3.8) is 0 Å². The van der Waals surface area contributed by atoms with Crippen LogP contribution >= 0.6 is 0 Å². The molecule has 2 rings (SSSR count). The van der Waals surface area contributed by atoms with Crippen molar-refractivity contribution < 1.29 is 8.42 Å². The second kappa shape index (κ2) is 6.24. The fourth-order valence-corrected chi connectivity index (χ4v) is 3.54. The molecular formula is C15H19N3O2S. The summed E-state index contributed by atoms with van der Waals surface area (Å²) in [4.78, 5) is 4.42. The van der Waals surface area contributed by atoms with E-state index >= 15 is 0 Å². The van der Waals surface area contributed by atoms with Crippen molar-refractivity contribution in [3.8, 4) is 0 Å². The lowest BCUT2D eigenvalue weighted by Crippen LogP contribution is -2.27. The second-order valence-corrected chi connectivity index (χ2v) is 6.82. The molecule has 0 aliphatic carbocycles. The van der Waals surface area contributed by atoms with Crippen LogP contribution in [0, 0.1) is 0 Å². The molecule has 1 heterocycles. The number of nitrogens with two attached hydrogens (primary N) is 1. The zero-order valence-electron chi connectivity index (χ0n) is 12.2. The van der Waals surface area contributed by atoms with Gasteiger partial charge in [-0.2, -0.15) is 4.31 Å². The first-order valence-corrected chi connectivity index (χ1v) is 8.13. The molecule has 0 saturated carbocycles. The topological polar surface area (TPSA) is 76.3 Å². The maximum Gasteiger partial charge on any atom is 0.243 e. The zero-order valence-corrected chi connectivity index (χ0v) is 13.0. The van der Waals surface area contributed by atoms with Crippen molar-refractivity contribution in [2.24, 2.45) is 0 Å². The number of rotatable bonds is 5. The third-order valence-corrected chi connectivity index (χ3v) is 5.16. The van der Waals surface area contributed by atoms with Crippen molar-refractivity contribution in [1.29, 1.82) is 0 Å². The number of nitrogen functional groups attached to an aromatic ring is 1. The predicted octanol–water partition coefficient (Wildman–Crippen LogP) is 2.05. The van der Waals surface area contributed by atoms with E-state index in [1.807, 2.05) is 13.0 Å². The van der Waals surface area contributed by atoms with Gasteiger partial charge < -0.3 is 5.73 Å². The quantitative estimate of drug-likeness (QED) is 0.858. The Bertz CT molecular complexity index is 715. The van der Waals surface area contributed by atoms with E-state index < -0.39 is 10.0 Å². The maximum absolute atomic E-state index is 12.7. The number of hydrogen-bond acceptors (Lipinski definition) is 4. The molecule has 0 unspecified atom stereocenters. The maximum atomic E-state index is 12.7. The summed E-state index contributed by atoms with van der Waals surface area (Å²) >= 11 is 0. The Hall–Kier alpha value is -1.92. The number of hydrogen-bond donors (Lipinski definition) is 1. The van der Waals surface area contributed by atoms with Gasteiger partial charge in [-0.05, 0) is 36.2 Å². The zero-order chi connectivity index (χ0) is 15.5. The molecule has 0 spiro atoms. The van der Waals surface area contributed by atoms with Crippen LogP contribution in [-0.4, -0.2) is 24.8 Å². The van der Waals surface area contributed by atoms with Gasteiger partial charge in [0, 0.05) is 18.9 Å². The Morgan fingerprint density at radius 3 is 2.62 bits per heavy atom. The van der Waals surface area contributed by atoms with Gasteiger partial charge >= 0.3 is 0 Å². The Kier molecular flexibility index (Phi) is 4.59. The minimum Gasteiger partial charge on any atom is -0.399 e. The molecule has 2 N–H and O–H groups in total. The van der Waals surface area contributed by atoms with Crippen molar-refractivity contribution in [2.75, 3.05) is 12.8 Å². The van der Waals surface area contributed by atoms with Gasteiger partial charge in [0.25, 0.3) is 0 Å². The van der Waals surface area contributed by atoms with E-state index in [1.54, 1.807) is 37.5 Å². The van der Waals surface area contributed by atoms with Gasteiger partial charge in [0.05, 0.1) is 17.1 Å². The standard InChI is InChI=1S/C15H19N3O2S/c1-3-12-7-8-13(16)10-15(12)21(19,20)18(2)11-14-6-4-5-9-17-14/h4-10H,3,11,16H2,1-2H3. The number of pyridine rings is 1. The average Bonchev–Trinajstić information content (AvgIpc) is 2.48. The van der Waals surface area contributed by atoms with Gasteiger partial charge in [-0.3, -0.25) is 4.98 Å². The molecule has 112 valence electrons. The van der Waals surface area contributed by atoms with E-state index in [0.717, 1.165) is 5.56 Å². The molecule has 0 radical (unpaired) electrons. The SMILES string of the molecule is CCc1ccc(N)cc1S(=O)(=O)N(C)Cc1ccccn1. The van der Waals surface area contributed by atoms with Crippen molar-refractivity contribution in [3.05, 3.63) is 53.9 Å². The number of sulfonamides is 1. The lowest BCUT2D eigenvalue weighted by molar-refractivity contribution is 0.461. The monoisotopic (exact) mass is 305 g/mol. The molecule has 0 fully saturated rings. The minimum atomic E-state index is -3.59. The Morgan fingerprint density at radius 1 is 1.24 bits per heavy atom. The second-order valence-electron chi connectivity index (χ2n) is 4.80. The molecule has 0 aliphatic heterocycles.